The van der Waals surface area contributed by atoms with E-state index in [4.69, 9.17) is 4.74 Å². The molecule has 21 heavy (non-hydrogen) atoms. The van der Waals surface area contributed by atoms with E-state index >= 15 is 0 Å². The zero-order chi connectivity index (χ0) is 16.2. The maximum Gasteiger partial charge on any atom is 0.407 e. The monoisotopic (exact) mass is 356 g/mol. The first kappa shape index (κ1) is 17.5. The Balaban J connectivity index is 2.76. The molecular formula is C15H21BrN2O3. The normalized spacial score (nSPS) is 11.0. The third-order valence-corrected chi connectivity index (χ3v) is 2.90. The predicted molar refractivity (Wildman–Crippen MR) is 85.2 cm³/mol. The number of nitrogens with zero attached hydrogens (tertiary/aromatic N) is 1. The Labute approximate surface area is 133 Å². The predicted octanol–water partition coefficient (Wildman–Crippen LogP) is 3.18. The average molecular weight is 357 g/mol. The van der Waals surface area contributed by atoms with Gasteiger partial charge >= 0.3 is 6.09 Å². The second-order valence-corrected chi connectivity index (χ2v) is 6.82. The molecule has 0 fully saturated rings. The van der Waals surface area contributed by atoms with E-state index in [-0.39, 0.29) is 5.91 Å². The molecule has 0 heterocycles. The first-order chi connectivity index (χ1) is 9.58. The lowest BCUT2D eigenvalue weighted by atomic mass is 10.1. The number of halogens is 1. The van der Waals surface area contributed by atoms with Crippen LogP contribution in [0, 0.1) is 0 Å². The van der Waals surface area contributed by atoms with Crippen molar-refractivity contribution < 1.29 is 14.3 Å². The summed E-state index contributed by atoms with van der Waals surface area (Å²) in [4.78, 5) is 25.1. The fourth-order valence-corrected chi connectivity index (χ4v) is 2.16. The molecule has 0 aliphatic heterocycles. The Kier molecular flexibility index (Phi) is 5.78. The van der Waals surface area contributed by atoms with E-state index in [9.17, 15) is 9.59 Å². The van der Waals surface area contributed by atoms with Crippen molar-refractivity contribution in [1.29, 1.82) is 0 Å². The van der Waals surface area contributed by atoms with Crippen LogP contribution in [-0.2, 0) is 11.3 Å². The molecule has 1 aromatic rings. The van der Waals surface area contributed by atoms with Crippen molar-refractivity contribution in [2.75, 3.05) is 14.1 Å². The average Bonchev–Trinajstić information content (AvgIpc) is 2.32. The van der Waals surface area contributed by atoms with Crippen LogP contribution in [0.2, 0.25) is 0 Å². The van der Waals surface area contributed by atoms with Gasteiger partial charge in [-0.2, -0.15) is 0 Å². The van der Waals surface area contributed by atoms with Gasteiger partial charge in [-0.25, -0.2) is 4.79 Å². The van der Waals surface area contributed by atoms with Crippen molar-refractivity contribution in [2.24, 2.45) is 0 Å². The van der Waals surface area contributed by atoms with Gasteiger partial charge in [0.05, 0.1) is 0 Å². The summed E-state index contributed by atoms with van der Waals surface area (Å²) in [5.74, 6) is -0.0881. The quantitative estimate of drug-likeness (QED) is 0.904. The number of benzene rings is 1. The summed E-state index contributed by atoms with van der Waals surface area (Å²) in [6.07, 6.45) is -0.483. The van der Waals surface area contributed by atoms with E-state index < -0.39 is 11.7 Å². The molecule has 5 nitrogen and oxygen atoms in total. The van der Waals surface area contributed by atoms with Crippen LogP contribution in [0.5, 0.6) is 0 Å². The molecule has 116 valence electrons. The molecule has 2 amide bonds. The molecule has 1 aromatic carbocycles. The maximum absolute atomic E-state index is 12.0. The second kappa shape index (κ2) is 6.93. The molecule has 0 aliphatic rings. The first-order valence-electron chi connectivity index (χ1n) is 6.56. The fraction of sp³-hybridized carbons (Fsp3) is 0.467. The minimum atomic E-state index is -0.534. The third kappa shape index (κ3) is 6.16. The molecule has 0 radical (unpaired) electrons. The van der Waals surface area contributed by atoms with Gasteiger partial charge in [0.1, 0.15) is 5.60 Å². The van der Waals surface area contributed by atoms with E-state index in [1.165, 1.54) is 4.90 Å². The summed E-state index contributed by atoms with van der Waals surface area (Å²) in [5, 5.41) is 2.67. The Morgan fingerprint density at radius 2 is 1.86 bits per heavy atom. The molecule has 0 bridgehead atoms. The summed E-state index contributed by atoms with van der Waals surface area (Å²) < 4.78 is 5.96. The van der Waals surface area contributed by atoms with Crippen molar-refractivity contribution in [2.45, 2.75) is 32.9 Å². The van der Waals surface area contributed by atoms with Gasteiger partial charge in [0.2, 0.25) is 0 Å². The van der Waals surface area contributed by atoms with Crippen molar-refractivity contribution in [3.05, 3.63) is 33.8 Å². The van der Waals surface area contributed by atoms with E-state index in [0.29, 0.717) is 12.1 Å². The largest absolute Gasteiger partial charge is 0.444 e. The van der Waals surface area contributed by atoms with E-state index in [1.54, 1.807) is 47.0 Å². The number of amides is 2. The van der Waals surface area contributed by atoms with Crippen LogP contribution in [0.1, 0.15) is 36.7 Å². The third-order valence-electron chi connectivity index (χ3n) is 2.45. The Bertz CT molecular complexity index is 536. The highest BCUT2D eigenvalue weighted by atomic mass is 79.9. The van der Waals surface area contributed by atoms with Crippen molar-refractivity contribution in [3.8, 4) is 0 Å². The lowest BCUT2D eigenvalue weighted by molar-refractivity contribution is 0.0523. The number of hydrogen-bond acceptors (Lipinski definition) is 3. The van der Waals surface area contributed by atoms with Crippen LogP contribution in [0.15, 0.2) is 22.7 Å². The smallest absolute Gasteiger partial charge is 0.407 e. The van der Waals surface area contributed by atoms with E-state index in [2.05, 4.69) is 21.2 Å². The molecule has 0 aliphatic carbocycles. The van der Waals surface area contributed by atoms with Gasteiger partial charge in [0.25, 0.3) is 5.91 Å². The van der Waals surface area contributed by atoms with Gasteiger partial charge in [-0.05, 0) is 44.5 Å². The Morgan fingerprint density at radius 3 is 2.38 bits per heavy atom. The standard InChI is InChI=1S/C15H21BrN2O3/c1-15(2,3)21-14(20)17-9-10-6-11(8-12(16)7-10)13(19)18(4)5/h6-8H,9H2,1-5H3,(H,17,20). The lowest BCUT2D eigenvalue weighted by Gasteiger charge is -2.19. The van der Waals surface area contributed by atoms with Crippen LogP contribution < -0.4 is 5.32 Å². The van der Waals surface area contributed by atoms with Crippen LogP contribution in [0.3, 0.4) is 0 Å². The molecule has 6 heteroatoms. The molecule has 0 aromatic heterocycles. The van der Waals surface area contributed by atoms with Crippen LogP contribution in [0.4, 0.5) is 4.79 Å². The van der Waals surface area contributed by atoms with Crippen molar-refractivity contribution in [1.82, 2.24) is 10.2 Å². The molecule has 0 spiro atoms. The highest BCUT2D eigenvalue weighted by Gasteiger charge is 2.16. The minimum absolute atomic E-state index is 0.0881. The van der Waals surface area contributed by atoms with Gasteiger partial charge < -0.3 is 15.0 Å². The van der Waals surface area contributed by atoms with Crippen molar-refractivity contribution in [3.63, 3.8) is 0 Å². The van der Waals surface area contributed by atoms with Gasteiger partial charge in [-0.3, -0.25) is 4.79 Å². The number of carbonyl (C=O) groups is 2. The molecule has 0 saturated carbocycles. The highest BCUT2D eigenvalue weighted by molar-refractivity contribution is 9.10. The summed E-state index contributed by atoms with van der Waals surface area (Å²) in [6, 6.07) is 5.35. The number of alkyl carbamates (subject to hydrolysis) is 1. The zero-order valence-corrected chi connectivity index (χ0v) is 14.6. The number of hydrogen-bond donors (Lipinski definition) is 1. The summed E-state index contributed by atoms with van der Waals surface area (Å²) in [7, 11) is 3.39. The molecule has 1 rings (SSSR count). The van der Waals surface area contributed by atoms with Crippen molar-refractivity contribution >= 4 is 27.9 Å². The maximum atomic E-state index is 12.0. The van der Waals surface area contributed by atoms with Gasteiger partial charge in [0, 0.05) is 30.7 Å². The SMILES string of the molecule is CN(C)C(=O)c1cc(Br)cc(CNC(=O)OC(C)(C)C)c1. The second-order valence-electron chi connectivity index (χ2n) is 5.90. The Hall–Kier alpha value is -1.56. The van der Waals surface area contributed by atoms with Gasteiger partial charge in [-0.15, -0.1) is 0 Å². The van der Waals surface area contributed by atoms with Crippen LogP contribution >= 0.6 is 15.9 Å². The summed E-state index contributed by atoms with van der Waals surface area (Å²) in [5.41, 5.74) is 0.851. The van der Waals surface area contributed by atoms with E-state index in [1.807, 2.05) is 6.07 Å². The number of ether oxygens (including phenoxy) is 1. The highest BCUT2D eigenvalue weighted by Crippen LogP contribution is 2.17. The van der Waals surface area contributed by atoms with Gasteiger partial charge in [0.15, 0.2) is 0 Å². The molecule has 0 unspecified atom stereocenters. The van der Waals surface area contributed by atoms with Crippen LogP contribution in [-0.4, -0.2) is 36.6 Å². The Morgan fingerprint density at radius 1 is 1.24 bits per heavy atom. The fourth-order valence-electron chi connectivity index (χ4n) is 1.62. The number of rotatable bonds is 3. The summed E-state index contributed by atoms with van der Waals surface area (Å²) >= 11 is 3.37. The molecule has 1 N–H and O–H groups in total. The minimum Gasteiger partial charge on any atom is -0.444 e. The first-order valence-corrected chi connectivity index (χ1v) is 7.36. The lowest BCUT2D eigenvalue weighted by Crippen LogP contribution is -2.32. The van der Waals surface area contributed by atoms with Gasteiger partial charge in [-0.1, -0.05) is 15.9 Å². The molecule has 0 atom stereocenters. The molecular weight excluding hydrogens is 336 g/mol. The number of nitrogens with one attached hydrogen (secondary N) is 1. The topological polar surface area (TPSA) is 58.6 Å². The molecule has 0 saturated heterocycles. The van der Waals surface area contributed by atoms with Crippen LogP contribution in [0.25, 0.3) is 0 Å². The number of carbonyl (C=O) groups excluding carboxylic acids is 2. The zero-order valence-electron chi connectivity index (χ0n) is 13.0. The van der Waals surface area contributed by atoms with E-state index in [0.717, 1.165) is 10.0 Å². The summed E-state index contributed by atoms with van der Waals surface area (Å²) in [6.45, 7) is 5.71.